The fraction of sp³-hybridized carbons (Fsp3) is 0.591. The number of halogens is 1. The molecule has 0 radical (unpaired) electrons. The monoisotopic (exact) mass is 417 g/mol. The second-order valence-corrected chi connectivity index (χ2v) is 8.22. The van der Waals surface area contributed by atoms with Gasteiger partial charge in [0.15, 0.2) is 11.6 Å². The zero-order valence-corrected chi connectivity index (χ0v) is 17.4. The highest BCUT2D eigenvalue weighted by Crippen LogP contribution is 2.35. The molecule has 1 N–H and O–H groups in total. The number of likely N-dealkylation sites (N-methyl/N-ethyl adjacent to an activating group) is 1. The number of rotatable bonds is 6. The van der Waals surface area contributed by atoms with Gasteiger partial charge in [0, 0.05) is 24.6 Å². The lowest BCUT2D eigenvalue weighted by molar-refractivity contribution is -0.136. The van der Waals surface area contributed by atoms with Crippen molar-refractivity contribution >= 4 is 17.7 Å². The van der Waals surface area contributed by atoms with Gasteiger partial charge in [0.2, 0.25) is 11.8 Å². The minimum absolute atomic E-state index is 0.0826. The first-order valence-corrected chi connectivity index (χ1v) is 10.8. The van der Waals surface area contributed by atoms with Gasteiger partial charge in [-0.25, -0.2) is 4.39 Å². The van der Waals surface area contributed by atoms with Gasteiger partial charge in [-0.3, -0.25) is 24.6 Å². The topological polar surface area (TPSA) is 79.0 Å². The van der Waals surface area contributed by atoms with Crippen LogP contribution in [0, 0.1) is 5.82 Å². The van der Waals surface area contributed by atoms with Crippen molar-refractivity contribution in [2.45, 2.75) is 70.7 Å². The Morgan fingerprint density at radius 1 is 1.17 bits per heavy atom. The summed E-state index contributed by atoms with van der Waals surface area (Å²) in [5.41, 5.74) is 0.912. The Kier molecular flexibility index (Phi) is 5.77. The minimum Gasteiger partial charge on any atom is -0.486 e. The maximum Gasteiger partial charge on any atom is 0.255 e. The second kappa shape index (κ2) is 8.34. The number of hydrogen-bond acceptors (Lipinski definition) is 5. The highest BCUT2D eigenvalue weighted by Gasteiger charge is 2.40. The van der Waals surface area contributed by atoms with E-state index in [0.29, 0.717) is 5.56 Å². The van der Waals surface area contributed by atoms with Gasteiger partial charge in [0.25, 0.3) is 5.91 Å². The number of ether oxygens (including phenoxy) is 1. The molecular weight excluding hydrogens is 389 g/mol. The summed E-state index contributed by atoms with van der Waals surface area (Å²) in [6.07, 6.45) is 3.33. The Morgan fingerprint density at radius 2 is 1.93 bits per heavy atom. The van der Waals surface area contributed by atoms with Gasteiger partial charge < -0.3 is 9.64 Å². The first kappa shape index (κ1) is 20.8. The molecule has 1 aromatic carbocycles. The molecule has 3 aliphatic rings. The number of benzene rings is 1. The van der Waals surface area contributed by atoms with Crippen molar-refractivity contribution in [3.63, 3.8) is 0 Å². The third kappa shape index (κ3) is 3.69. The molecule has 30 heavy (non-hydrogen) atoms. The lowest BCUT2D eigenvalue weighted by Crippen LogP contribution is -2.52. The molecule has 2 heterocycles. The number of fused-ring (bicyclic) bond motifs is 1. The van der Waals surface area contributed by atoms with Crippen molar-refractivity contribution in [1.29, 1.82) is 0 Å². The smallest absolute Gasteiger partial charge is 0.255 e. The highest BCUT2D eigenvalue weighted by atomic mass is 19.1. The van der Waals surface area contributed by atoms with Crippen molar-refractivity contribution < 1.29 is 23.5 Å². The van der Waals surface area contributed by atoms with E-state index < -0.39 is 17.8 Å². The molecule has 2 fully saturated rings. The molecule has 0 spiro atoms. The lowest BCUT2D eigenvalue weighted by Gasteiger charge is -2.31. The van der Waals surface area contributed by atoms with Gasteiger partial charge in [0.05, 0.1) is 0 Å². The number of nitrogens with one attached hydrogen (secondary N) is 1. The third-order valence-corrected chi connectivity index (χ3v) is 6.55. The summed E-state index contributed by atoms with van der Waals surface area (Å²) >= 11 is 0. The molecule has 1 aliphatic carbocycles. The van der Waals surface area contributed by atoms with E-state index in [-0.39, 0.29) is 54.7 Å². The lowest BCUT2D eigenvalue weighted by atomic mass is 10.0. The highest BCUT2D eigenvalue weighted by molar-refractivity contribution is 6.05. The quantitative estimate of drug-likeness (QED) is 0.718. The summed E-state index contributed by atoms with van der Waals surface area (Å²) in [6, 6.07) is 2.37. The summed E-state index contributed by atoms with van der Waals surface area (Å²) < 4.78 is 20.9. The van der Waals surface area contributed by atoms with Crippen molar-refractivity contribution in [1.82, 2.24) is 15.1 Å². The van der Waals surface area contributed by atoms with Crippen LogP contribution in [0.15, 0.2) is 12.1 Å². The van der Waals surface area contributed by atoms with Gasteiger partial charge in [-0.15, -0.1) is 0 Å². The molecule has 8 heteroatoms. The van der Waals surface area contributed by atoms with E-state index in [4.69, 9.17) is 4.74 Å². The average Bonchev–Trinajstić information content (AvgIpc) is 3.29. The molecule has 2 aliphatic heterocycles. The third-order valence-electron chi connectivity index (χ3n) is 6.55. The molecule has 7 nitrogen and oxygen atoms in total. The summed E-state index contributed by atoms with van der Waals surface area (Å²) in [6.45, 7) is 6.28. The van der Waals surface area contributed by atoms with Gasteiger partial charge in [0.1, 0.15) is 12.1 Å². The zero-order valence-electron chi connectivity index (χ0n) is 17.4. The maximum atomic E-state index is 14.8. The van der Waals surface area contributed by atoms with Crippen LogP contribution >= 0.6 is 0 Å². The second-order valence-electron chi connectivity index (χ2n) is 8.22. The van der Waals surface area contributed by atoms with Gasteiger partial charge in [-0.05, 0) is 56.5 Å². The first-order valence-electron chi connectivity index (χ1n) is 10.8. The van der Waals surface area contributed by atoms with Crippen molar-refractivity contribution in [3.05, 3.63) is 29.1 Å². The van der Waals surface area contributed by atoms with E-state index in [9.17, 15) is 18.8 Å². The normalized spacial score (nSPS) is 26.3. The van der Waals surface area contributed by atoms with Crippen molar-refractivity contribution in [2.75, 3.05) is 13.1 Å². The van der Waals surface area contributed by atoms with E-state index in [1.54, 1.807) is 6.07 Å². The van der Waals surface area contributed by atoms with E-state index in [2.05, 4.69) is 24.1 Å². The molecule has 4 rings (SSSR count). The Hall–Kier alpha value is -2.48. The van der Waals surface area contributed by atoms with Crippen LogP contribution < -0.4 is 10.1 Å². The molecule has 1 aromatic rings. The standard InChI is InChI=1S/C22H28FN3O4/c1-3-25(4-2)16-6-5-7-18(16)30-19-10-13-12-26(22(29)14(13)11-15(19)23)17-8-9-20(27)24-21(17)28/h10-11,16-18H,3-9,12H2,1-2H3,(H,24,27,28)/t16-,17?,18+/m1/s1. The summed E-state index contributed by atoms with van der Waals surface area (Å²) in [4.78, 5) is 40.1. The molecule has 1 saturated heterocycles. The van der Waals surface area contributed by atoms with Gasteiger partial charge in [-0.2, -0.15) is 0 Å². The Labute approximate surface area is 175 Å². The predicted octanol–water partition coefficient (Wildman–Crippen LogP) is 2.23. The number of imide groups is 1. The van der Waals surface area contributed by atoms with Crippen LogP contribution in [0.4, 0.5) is 4.39 Å². The van der Waals surface area contributed by atoms with Crippen LogP contribution in [0.25, 0.3) is 0 Å². The molecule has 1 saturated carbocycles. The summed E-state index contributed by atoms with van der Waals surface area (Å²) in [5.74, 6) is -1.58. The largest absolute Gasteiger partial charge is 0.486 e. The summed E-state index contributed by atoms with van der Waals surface area (Å²) in [7, 11) is 0. The van der Waals surface area contributed by atoms with E-state index in [0.717, 1.165) is 32.4 Å². The van der Waals surface area contributed by atoms with Crippen molar-refractivity contribution in [2.24, 2.45) is 0 Å². The molecule has 3 amide bonds. The number of carbonyl (C=O) groups is 3. The Morgan fingerprint density at radius 3 is 2.63 bits per heavy atom. The number of carbonyl (C=O) groups excluding carboxylic acids is 3. The molecule has 0 bridgehead atoms. The Balaban J connectivity index is 1.53. The molecule has 3 atom stereocenters. The Bertz CT molecular complexity index is 870. The SMILES string of the molecule is CCN(CC)[C@@H]1CCC[C@@H]1Oc1cc2c(cc1F)C(=O)N(C1CCC(=O)NC1=O)C2. The molecule has 0 aromatic heterocycles. The number of nitrogens with zero attached hydrogens (tertiary/aromatic N) is 2. The van der Waals surface area contributed by atoms with E-state index >= 15 is 0 Å². The van der Waals surface area contributed by atoms with Crippen LogP contribution in [-0.4, -0.2) is 58.8 Å². The van der Waals surface area contributed by atoms with Gasteiger partial charge in [-0.1, -0.05) is 13.8 Å². The number of hydrogen-bond donors (Lipinski definition) is 1. The van der Waals surface area contributed by atoms with Gasteiger partial charge >= 0.3 is 0 Å². The number of amides is 3. The van der Waals surface area contributed by atoms with Crippen LogP contribution in [0.1, 0.15) is 61.9 Å². The fourth-order valence-electron chi connectivity index (χ4n) is 4.97. The zero-order chi connectivity index (χ0) is 21.4. The first-order chi connectivity index (χ1) is 14.4. The van der Waals surface area contributed by atoms with E-state index in [1.165, 1.54) is 11.0 Å². The molecule has 1 unspecified atom stereocenters. The van der Waals surface area contributed by atoms with Crippen LogP contribution in [-0.2, 0) is 16.1 Å². The minimum atomic E-state index is -0.711. The van der Waals surface area contributed by atoms with Crippen LogP contribution in [0.5, 0.6) is 5.75 Å². The molecular formula is C22H28FN3O4. The maximum absolute atomic E-state index is 14.8. The van der Waals surface area contributed by atoms with Crippen molar-refractivity contribution in [3.8, 4) is 5.75 Å². The average molecular weight is 417 g/mol. The van der Waals surface area contributed by atoms with Crippen LogP contribution in [0.2, 0.25) is 0 Å². The predicted molar refractivity (Wildman–Crippen MR) is 107 cm³/mol. The fourth-order valence-corrected chi connectivity index (χ4v) is 4.97. The van der Waals surface area contributed by atoms with E-state index in [1.807, 2.05) is 0 Å². The number of piperidine rings is 1. The molecule has 162 valence electrons. The van der Waals surface area contributed by atoms with Crippen LogP contribution in [0.3, 0.4) is 0 Å². The summed E-state index contributed by atoms with van der Waals surface area (Å²) in [5, 5.41) is 2.28.